The van der Waals surface area contributed by atoms with Crippen molar-refractivity contribution in [2.75, 3.05) is 13.1 Å². The van der Waals surface area contributed by atoms with E-state index in [4.69, 9.17) is 0 Å². The number of likely N-dealkylation sites (tertiary alicyclic amines) is 1. The molecule has 1 fully saturated rings. The first-order valence-electron chi connectivity index (χ1n) is 4.85. The van der Waals surface area contributed by atoms with Crippen LogP contribution in [0.5, 0.6) is 0 Å². The Morgan fingerprint density at radius 3 is 2.79 bits per heavy atom. The minimum Gasteiger partial charge on any atom is -0.345 e. The average Bonchev–Trinajstić information content (AvgIpc) is 2.30. The van der Waals surface area contributed by atoms with Gasteiger partial charge in [-0.2, -0.15) is 0 Å². The zero-order valence-electron chi connectivity index (χ0n) is 7.97. The predicted octanol–water partition coefficient (Wildman–Crippen LogP) is 0.812. The zero-order chi connectivity index (χ0) is 9.80. The third kappa shape index (κ3) is 1.89. The number of carbonyl (C=O) groups is 1. The molecule has 1 aliphatic rings. The van der Waals surface area contributed by atoms with E-state index in [1.165, 1.54) is 0 Å². The Bertz CT molecular complexity index is 293. The summed E-state index contributed by atoms with van der Waals surface area (Å²) < 4.78 is 0. The molecule has 0 atom stereocenters. The van der Waals surface area contributed by atoms with Crippen LogP contribution >= 0.6 is 0 Å². The van der Waals surface area contributed by atoms with E-state index in [1.54, 1.807) is 12.5 Å². The van der Waals surface area contributed by atoms with Crippen molar-refractivity contribution in [2.24, 2.45) is 0 Å². The van der Waals surface area contributed by atoms with Gasteiger partial charge < -0.3 is 4.90 Å². The summed E-state index contributed by atoms with van der Waals surface area (Å²) in [5.41, 5.74) is 1.10. The third-order valence-corrected chi connectivity index (χ3v) is 2.70. The van der Waals surface area contributed by atoms with Crippen LogP contribution in [-0.2, 0) is 4.79 Å². The smallest absolute Gasteiger partial charge is 0.209 e. The third-order valence-electron chi connectivity index (χ3n) is 2.70. The molecule has 0 radical (unpaired) electrons. The molecule has 0 saturated carbocycles. The number of aromatic nitrogens is 2. The summed E-state index contributed by atoms with van der Waals surface area (Å²) in [5.74, 6) is 0.495. The van der Waals surface area contributed by atoms with Crippen LogP contribution < -0.4 is 0 Å². The van der Waals surface area contributed by atoms with Crippen LogP contribution in [0.4, 0.5) is 0 Å². The Balaban J connectivity index is 1.99. The quantitative estimate of drug-likeness (QED) is 0.650. The summed E-state index contributed by atoms with van der Waals surface area (Å²) in [6.07, 6.45) is 6.30. The van der Waals surface area contributed by atoms with Crippen molar-refractivity contribution in [1.82, 2.24) is 14.9 Å². The molecule has 74 valence electrons. The summed E-state index contributed by atoms with van der Waals surface area (Å²) >= 11 is 0. The van der Waals surface area contributed by atoms with E-state index < -0.39 is 0 Å². The van der Waals surface area contributed by atoms with E-state index in [9.17, 15) is 4.79 Å². The van der Waals surface area contributed by atoms with Gasteiger partial charge in [0.2, 0.25) is 6.41 Å². The van der Waals surface area contributed by atoms with Crippen LogP contribution in [-0.4, -0.2) is 34.4 Å². The van der Waals surface area contributed by atoms with Gasteiger partial charge in [-0.3, -0.25) is 4.79 Å². The highest BCUT2D eigenvalue weighted by Crippen LogP contribution is 2.25. The number of hydrogen-bond acceptors (Lipinski definition) is 3. The molecule has 1 aliphatic heterocycles. The molecule has 2 rings (SSSR count). The molecule has 0 aliphatic carbocycles. The monoisotopic (exact) mass is 191 g/mol. The summed E-state index contributed by atoms with van der Waals surface area (Å²) in [5, 5.41) is 0. The number of nitrogens with zero attached hydrogens (tertiary/aromatic N) is 3. The van der Waals surface area contributed by atoms with Crippen LogP contribution in [0.2, 0.25) is 0 Å². The minimum atomic E-state index is 0.495. The van der Waals surface area contributed by atoms with Crippen LogP contribution in [0.1, 0.15) is 24.5 Å². The topological polar surface area (TPSA) is 46.1 Å². The van der Waals surface area contributed by atoms with Gasteiger partial charge in [-0.15, -0.1) is 0 Å². The molecule has 1 amide bonds. The highest BCUT2D eigenvalue weighted by atomic mass is 16.1. The number of carbonyl (C=O) groups excluding carboxylic acids is 1. The first-order valence-corrected chi connectivity index (χ1v) is 4.85. The number of piperidine rings is 1. The molecule has 0 spiro atoms. The zero-order valence-corrected chi connectivity index (χ0v) is 7.97. The van der Waals surface area contributed by atoms with Crippen molar-refractivity contribution in [3.05, 3.63) is 24.3 Å². The van der Waals surface area contributed by atoms with Gasteiger partial charge in [0.05, 0.1) is 0 Å². The molecule has 0 unspecified atom stereocenters. The van der Waals surface area contributed by atoms with E-state index in [0.717, 1.165) is 38.0 Å². The van der Waals surface area contributed by atoms with Crippen molar-refractivity contribution in [3.8, 4) is 0 Å². The highest BCUT2D eigenvalue weighted by Gasteiger charge is 2.19. The molecule has 1 aromatic rings. The first-order chi connectivity index (χ1) is 6.90. The molecule has 1 saturated heterocycles. The Morgan fingerprint density at radius 2 is 2.21 bits per heavy atom. The molecule has 14 heavy (non-hydrogen) atoms. The van der Waals surface area contributed by atoms with Gasteiger partial charge in [-0.1, -0.05) is 0 Å². The average molecular weight is 191 g/mol. The van der Waals surface area contributed by atoms with Crippen molar-refractivity contribution in [2.45, 2.75) is 18.8 Å². The number of hydrogen-bond donors (Lipinski definition) is 0. The normalized spacial score (nSPS) is 18.1. The molecular formula is C10H13N3O. The Kier molecular flexibility index (Phi) is 2.72. The van der Waals surface area contributed by atoms with Gasteiger partial charge in [-0.05, 0) is 18.9 Å². The van der Waals surface area contributed by atoms with Gasteiger partial charge in [0, 0.05) is 30.9 Å². The van der Waals surface area contributed by atoms with Crippen LogP contribution in [0, 0.1) is 0 Å². The summed E-state index contributed by atoms with van der Waals surface area (Å²) in [7, 11) is 0. The highest BCUT2D eigenvalue weighted by molar-refractivity contribution is 5.47. The standard InChI is InChI=1S/C10H13N3O/c14-8-13-5-2-9(3-6-13)10-1-4-11-7-12-10/h1,4,7-9H,2-3,5-6H2. The van der Waals surface area contributed by atoms with Gasteiger partial charge in [0.1, 0.15) is 6.33 Å². The summed E-state index contributed by atoms with van der Waals surface area (Å²) in [4.78, 5) is 20.4. The summed E-state index contributed by atoms with van der Waals surface area (Å²) in [6.45, 7) is 1.69. The second kappa shape index (κ2) is 4.17. The maximum Gasteiger partial charge on any atom is 0.209 e. The molecule has 0 N–H and O–H groups in total. The Hall–Kier alpha value is -1.45. The van der Waals surface area contributed by atoms with E-state index in [-0.39, 0.29) is 0 Å². The van der Waals surface area contributed by atoms with Crippen molar-refractivity contribution >= 4 is 6.41 Å². The van der Waals surface area contributed by atoms with Crippen molar-refractivity contribution in [1.29, 1.82) is 0 Å². The van der Waals surface area contributed by atoms with Gasteiger partial charge in [-0.25, -0.2) is 9.97 Å². The SMILES string of the molecule is O=CN1CCC(c2ccncn2)CC1. The van der Waals surface area contributed by atoms with Crippen LogP contribution in [0.25, 0.3) is 0 Å². The van der Waals surface area contributed by atoms with E-state index in [2.05, 4.69) is 9.97 Å². The minimum absolute atomic E-state index is 0.495. The van der Waals surface area contributed by atoms with Gasteiger partial charge >= 0.3 is 0 Å². The lowest BCUT2D eigenvalue weighted by atomic mass is 9.94. The number of amides is 1. The maximum atomic E-state index is 10.5. The molecule has 0 aromatic carbocycles. The summed E-state index contributed by atoms with van der Waals surface area (Å²) in [6, 6.07) is 1.96. The van der Waals surface area contributed by atoms with Gasteiger partial charge in [0.25, 0.3) is 0 Å². The second-order valence-electron chi connectivity index (χ2n) is 3.55. The molecule has 4 nitrogen and oxygen atoms in total. The fourth-order valence-electron chi connectivity index (χ4n) is 1.84. The van der Waals surface area contributed by atoms with Gasteiger partial charge in [0.15, 0.2) is 0 Å². The first kappa shape index (κ1) is 9.12. The van der Waals surface area contributed by atoms with E-state index >= 15 is 0 Å². The molecule has 4 heteroatoms. The Morgan fingerprint density at radius 1 is 1.43 bits per heavy atom. The molecule has 2 heterocycles. The molecule has 1 aromatic heterocycles. The molecule has 0 bridgehead atoms. The van der Waals surface area contributed by atoms with Crippen molar-refractivity contribution in [3.63, 3.8) is 0 Å². The fraction of sp³-hybridized carbons (Fsp3) is 0.500. The maximum absolute atomic E-state index is 10.5. The van der Waals surface area contributed by atoms with Crippen LogP contribution in [0.15, 0.2) is 18.6 Å². The predicted molar refractivity (Wildman–Crippen MR) is 51.6 cm³/mol. The van der Waals surface area contributed by atoms with Crippen molar-refractivity contribution < 1.29 is 4.79 Å². The lowest BCUT2D eigenvalue weighted by Crippen LogP contribution is -2.31. The lowest BCUT2D eigenvalue weighted by Gasteiger charge is -2.28. The van der Waals surface area contributed by atoms with E-state index in [0.29, 0.717) is 5.92 Å². The largest absolute Gasteiger partial charge is 0.345 e. The Labute approximate surface area is 83.0 Å². The lowest BCUT2D eigenvalue weighted by molar-refractivity contribution is -0.119. The number of rotatable bonds is 2. The fourth-order valence-corrected chi connectivity index (χ4v) is 1.84. The van der Waals surface area contributed by atoms with Crippen LogP contribution in [0.3, 0.4) is 0 Å². The molecular weight excluding hydrogens is 178 g/mol. The van der Waals surface area contributed by atoms with E-state index in [1.807, 2.05) is 11.0 Å². The second-order valence-corrected chi connectivity index (χ2v) is 3.55.